The number of rotatable bonds is 2. The first-order chi connectivity index (χ1) is 13.2. The maximum Gasteiger partial charge on any atom is 0.248 e. The standard InChI is InChI=1S/2C7H7NO2.C4H4N2O2.2H2O/c2*8-7(10)5-1-3-6(9)4-2-5;7-5-1-2-6(8)4-3-5;;/h2*1-4,9H,(H2,8,10);1-4H;2*1H2. The molecule has 10 N–H and O–H groups in total. The van der Waals surface area contributed by atoms with Gasteiger partial charge in [-0.1, -0.05) is 0 Å². The smallest absolute Gasteiger partial charge is 0.248 e. The summed E-state index contributed by atoms with van der Waals surface area (Å²) in [6.45, 7) is 0. The fourth-order valence-corrected chi connectivity index (χ4v) is 1.61. The monoisotopic (exact) mass is 422 g/mol. The van der Waals surface area contributed by atoms with Gasteiger partial charge in [0, 0.05) is 11.1 Å². The van der Waals surface area contributed by atoms with Gasteiger partial charge in [-0.2, -0.15) is 9.46 Å². The van der Waals surface area contributed by atoms with E-state index in [0.717, 1.165) is 24.8 Å². The van der Waals surface area contributed by atoms with Crippen LogP contribution < -0.4 is 20.9 Å². The van der Waals surface area contributed by atoms with Crippen LogP contribution in [0.4, 0.5) is 0 Å². The molecule has 1 heterocycles. The summed E-state index contributed by atoms with van der Waals surface area (Å²) in [6, 6.07) is 11.5. The third-order valence-corrected chi connectivity index (χ3v) is 3.02. The van der Waals surface area contributed by atoms with Gasteiger partial charge in [-0.05, 0) is 48.5 Å². The van der Waals surface area contributed by atoms with Crippen molar-refractivity contribution in [2.75, 3.05) is 0 Å². The van der Waals surface area contributed by atoms with E-state index in [1.54, 1.807) is 0 Å². The van der Waals surface area contributed by atoms with Gasteiger partial charge in [0.2, 0.25) is 36.6 Å². The number of hydrogen-bond donors (Lipinski definition) is 4. The number of carbonyl (C=O) groups is 2. The summed E-state index contributed by atoms with van der Waals surface area (Å²) in [7, 11) is 0. The first-order valence-electron chi connectivity index (χ1n) is 7.64. The van der Waals surface area contributed by atoms with E-state index in [0.29, 0.717) is 20.6 Å². The highest BCUT2D eigenvalue weighted by atomic mass is 16.5. The number of aromatic nitrogens is 2. The van der Waals surface area contributed by atoms with Gasteiger partial charge >= 0.3 is 0 Å². The zero-order valence-electron chi connectivity index (χ0n) is 15.5. The predicted octanol–water partition coefficient (Wildman–Crippen LogP) is -1.71. The number of aromatic hydroxyl groups is 2. The molecule has 0 radical (unpaired) electrons. The van der Waals surface area contributed by atoms with Crippen LogP contribution in [0.15, 0.2) is 73.3 Å². The molecule has 0 aliphatic carbocycles. The van der Waals surface area contributed by atoms with Gasteiger partial charge in [0.15, 0.2) is 0 Å². The van der Waals surface area contributed by atoms with Crippen LogP contribution in [0.2, 0.25) is 0 Å². The quantitative estimate of drug-likeness (QED) is 0.276. The van der Waals surface area contributed by atoms with Gasteiger partial charge in [0.25, 0.3) is 0 Å². The molecule has 30 heavy (non-hydrogen) atoms. The van der Waals surface area contributed by atoms with E-state index in [2.05, 4.69) is 0 Å². The molecule has 0 saturated heterocycles. The minimum absolute atomic E-state index is 0. The molecule has 0 spiro atoms. The molecule has 0 bridgehead atoms. The van der Waals surface area contributed by atoms with Crippen LogP contribution in [0.25, 0.3) is 0 Å². The van der Waals surface area contributed by atoms with Gasteiger partial charge in [-0.3, -0.25) is 9.59 Å². The normalized spacial score (nSPS) is 8.53. The van der Waals surface area contributed by atoms with Crippen LogP contribution in [0.5, 0.6) is 11.5 Å². The van der Waals surface area contributed by atoms with Gasteiger partial charge in [0.05, 0.1) is 0 Å². The Hall–Kier alpha value is -4.42. The number of hydrogen-bond acceptors (Lipinski definition) is 6. The van der Waals surface area contributed by atoms with E-state index >= 15 is 0 Å². The molecule has 0 saturated carbocycles. The molecule has 12 heteroatoms. The van der Waals surface area contributed by atoms with Gasteiger partial charge in [0.1, 0.15) is 11.5 Å². The number of carbonyl (C=O) groups excluding carboxylic acids is 2. The topological polar surface area (TPSA) is 244 Å². The SMILES string of the molecule is NC(=O)c1ccc(O)cc1.NC(=O)c1ccc(O)cc1.O.O.[O-][n+]1cc[n+]([O-])cc1. The first-order valence-corrected chi connectivity index (χ1v) is 7.64. The minimum atomic E-state index is -0.486. The second-order valence-corrected chi connectivity index (χ2v) is 5.14. The number of nitrogens with two attached hydrogens (primary N) is 2. The van der Waals surface area contributed by atoms with E-state index in [-0.39, 0.29) is 22.5 Å². The van der Waals surface area contributed by atoms with E-state index in [9.17, 15) is 20.0 Å². The van der Waals surface area contributed by atoms with E-state index in [1.165, 1.54) is 48.5 Å². The summed E-state index contributed by atoms with van der Waals surface area (Å²) in [4.78, 5) is 20.9. The van der Waals surface area contributed by atoms with Crippen molar-refractivity contribution in [1.29, 1.82) is 0 Å². The summed E-state index contributed by atoms with van der Waals surface area (Å²) in [5, 5.41) is 37.9. The Bertz CT molecular complexity index is 824. The lowest BCUT2D eigenvalue weighted by Gasteiger charge is -1.93. The van der Waals surface area contributed by atoms with Crippen molar-refractivity contribution < 1.29 is 40.2 Å². The second-order valence-electron chi connectivity index (χ2n) is 5.14. The summed E-state index contributed by atoms with van der Waals surface area (Å²) >= 11 is 0. The van der Waals surface area contributed by atoms with Crippen LogP contribution in [0.1, 0.15) is 20.7 Å². The molecule has 3 aromatic rings. The van der Waals surface area contributed by atoms with Crippen molar-refractivity contribution in [2.24, 2.45) is 11.5 Å². The Morgan fingerprint density at radius 3 is 1.07 bits per heavy atom. The number of phenolic OH excluding ortho intramolecular Hbond substituents is 2. The van der Waals surface area contributed by atoms with E-state index in [1.807, 2.05) is 0 Å². The van der Waals surface area contributed by atoms with Crippen molar-refractivity contribution in [1.82, 2.24) is 0 Å². The number of benzene rings is 2. The molecule has 2 amide bonds. The Morgan fingerprint density at radius 2 is 0.867 bits per heavy atom. The molecule has 1 aromatic heterocycles. The number of amides is 2. The van der Waals surface area contributed by atoms with Gasteiger partial charge in [-0.15, -0.1) is 0 Å². The maximum atomic E-state index is 10.5. The second kappa shape index (κ2) is 13.7. The van der Waals surface area contributed by atoms with Gasteiger partial charge < -0.3 is 43.0 Å². The fourth-order valence-electron chi connectivity index (χ4n) is 1.61. The van der Waals surface area contributed by atoms with Crippen LogP contribution in [0, 0.1) is 10.4 Å². The van der Waals surface area contributed by atoms with E-state index < -0.39 is 11.8 Å². The number of nitrogens with zero attached hydrogens (tertiary/aromatic N) is 2. The summed E-state index contributed by atoms with van der Waals surface area (Å²) in [5.41, 5.74) is 10.7. The minimum Gasteiger partial charge on any atom is -0.618 e. The summed E-state index contributed by atoms with van der Waals surface area (Å²) in [6.07, 6.45) is 4.53. The maximum absolute atomic E-state index is 10.5. The molecule has 0 aliphatic rings. The fraction of sp³-hybridized carbons (Fsp3) is 0. The van der Waals surface area contributed by atoms with Gasteiger partial charge in [-0.25, -0.2) is 0 Å². The molecule has 0 atom stereocenters. The largest absolute Gasteiger partial charge is 0.618 e. The number of phenols is 2. The van der Waals surface area contributed by atoms with Crippen LogP contribution in [-0.2, 0) is 0 Å². The highest BCUT2D eigenvalue weighted by Crippen LogP contribution is 2.09. The molecular weight excluding hydrogens is 400 g/mol. The molecule has 0 unspecified atom stereocenters. The lowest BCUT2D eigenvalue weighted by molar-refractivity contribution is -0.665. The Morgan fingerprint density at radius 1 is 0.633 bits per heavy atom. The molecule has 162 valence electrons. The lowest BCUT2D eigenvalue weighted by Crippen LogP contribution is -2.33. The molecular formula is C18H22N4O8. The molecule has 0 fully saturated rings. The Kier molecular flexibility index (Phi) is 12.7. The molecule has 0 aliphatic heterocycles. The van der Waals surface area contributed by atoms with Crippen LogP contribution in [0.3, 0.4) is 0 Å². The van der Waals surface area contributed by atoms with Crippen molar-refractivity contribution >= 4 is 11.8 Å². The molecule has 3 rings (SSSR count). The highest BCUT2D eigenvalue weighted by Gasteiger charge is 1.97. The first kappa shape index (κ1) is 27.8. The predicted molar refractivity (Wildman–Crippen MR) is 105 cm³/mol. The zero-order chi connectivity index (χ0) is 21.1. The average molecular weight is 422 g/mol. The average Bonchev–Trinajstić information content (AvgIpc) is 2.66. The highest BCUT2D eigenvalue weighted by molar-refractivity contribution is 5.93. The number of primary amides is 2. The summed E-state index contributed by atoms with van der Waals surface area (Å²) in [5.74, 6) is -0.713. The van der Waals surface area contributed by atoms with Crippen LogP contribution in [-0.4, -0.2) is 33.0 Å². The van der Waals surface area contributed by atoms with Crippen molar-refractivity contribution in [2.45, 2.75) is 0 Å². The molecule has 12 nitrogen and oxygen atoms in total. The Balaban J connectivity index is 0. The Labute approximate surface area is 170 Å². The van der Waals surface area contributed by atoms with Crippen molar-refractivity contribution in [3.63, 3.8) is 0 Å². The van der Waals surface area contributed by atoms with Crippen molar-refractivity contribution in [3.05, 3.63) is 94.9 Å². The zero-order valence-corrected chi connectivity index (χ0v) is 15.5. The third-order valence-electron chi connectivity index (χ3n) is 3.02. The lowest BCUT2D eigenvalue weighted by atomic mass is 10.2. The van der Waals surface area contributed by atoms with Crippen molar-refractivity contribution in [3.8, 4) is 11.5 Å². The van der Waals surface area contributed by atoms with E-state index in [4.69, 9.17) is 21.7 Å². The summed E-state index contributed by atoms with van der Waals surface area (Å²) < 4.78 is 1.10. The van der Waals surface area contributed by atoms with Crippen LogP contribution >= 0.6 is 0 Å². The molecule has 2 aromatic carbocycles. The third kappa shape index (κ3) is 10.7.